The molecule has 0 unspecified atom stereocenters. The maximum absolute atomic E-state index is 11.2. The number of hydrogen-bond acceptors (Lipinski definition) is 4. The summed E-state index contributed by atoms with van der Waals surface area (Å²) in [7, 11) is 1.23. The van der Waals surface area contributed by atoms with Crippen molar-refractivity contribution in [3.8, 4) is 6.07 Å². The third-order valence-electron chi connectivity index (χ3n) is 1.66. The average molecular weight is 211 g/mol. The van der Waals surface area contributed by atoms with E-state index in [1.54, 1.807) is 0 Å². The third kappa shape index (κ3) is 1.78. The molecule has 0 radical (unpaired) electrons. The highest BCUT2D eigenvalue weighted by Crippen LogP contribution is 2.25. The fourth-order valence-corrected chi connectivity index (χ4v) is 1.18. The minimum Gasteiger partial charge on any atom is -0.465 e. The highest BCUT2D eigenvalue weighted by molar-refractivity contribution is 6.34. The van der Waals surface area contributed by atoms with Crippen LogP contribution in [0.2, 0.25) is 5.02 Å². The molecule has 0 aliphatic heterocycles. The van der Waals surface area contributed by atoms with Crippen LogP contribution in [-0.2, 0) is 4.74 Å². The molecule has 14 heavy (non-hydrogen) atoms. The second-order valence-corrected chi connectivity index (χ2v) is 2.93. The zero-order valence-electron chi connectivity index (χ0n) is 7.37. The van der Waals surface area contributed by atoms with Crippen molar-refractivity contribution in [2.45, 2.75) is 0 Å². The van der Waals surface area contributed by atoms with Gasteiger partial charge in [0.25, 0.3) is 0 Å². The predicted octanol–water partition coefficient (Wildman–Crippen LogP) is 1.58. The van der Waals surface area contributed by atoms with Gasteiger partial charge in [-0.1, -0.05) is 11.6 Å². The summed E-state index contributed by atoms with van der Waals surface area (Å²) in [6, 6.07) is 4.60. The molecule has 0 bridgehead atoms. The van der Waals surface area contributed by atoms with Gasteiger partial charge in [0.1, 0.15) is 0 Å². The van der Waals surface area contributed by atoms with Crippen molar-refractivity contribution >= 4 is 23.3 Å². The summed E-state index contributed by atoms with van der Waals surface area (Å²) in [5, 5.41) is 8.80. The number of anilines is 1. The van der Waals surface area contributed by atoms with Crippen molar-refractivity contribution in [3.63, 3.8) is 0 Å². The Labute approximate surface area is 85.8 Å². The number of esters is 1. The number of methoxy groups -OCH3 is 1. The van der Waals surface area contributed by atoms with Crippen LogP contribution in [0.5, 0.6) is 0 Å². The second kappa shape index (κ2) is 3.99. The van der Waals surface area contributed by atoms with E-state index in [4.69, 9.17) is 22.6 Å². The van der Waals surface area contributed by atoms with Crippen molar-refractivity contribution in [3.05, 3.63) is 28.3 Å². The Morgan fingerprint density at radius 3 is 2.79 bits per heavy atom. The normalized spacial score (nSPS) is 9.21. The van der Waals surface area contributed by atoms with Gasteiger partial charge in [-0.05, 0) is 12.1 Å². The number of ether oxygens (including phenoxy) is 1. The lowest BCUT2D eigenvalue weighted by Gasteiger charge is -2.05. The van der Waals surface area contributed by atoms with Crippen LogP contribution in [0.25, 0.3) is 0 Å². The fraction of sp³-hybridized carbons (Fsp3) is 0.111. The maximum atomic E-state index is 11.2. The topological polar surface area (TPSA) is 76.1 Å². The smallest absolute Gasteiger partial charge is 0.340 e. The molecule has 0 aliphatic rings. The molecule has 5 heteroatoms. The van der Waals surface area contributed by atoms with Gasteiger partial charge >= 0.3 is 5.97 Å². The number of halogens is 1. The van der Waals surface area contributed by atoms with Crippen LogP contribution in [0, 0.1) is 11.3 Å². The molecule has 2 N–H and O–H groups in total. The highest BCUT2D eigenvalue weighted by Gasteiger charge is 2.13. The quantitative estimate of drug-likeness (QED) is 0.564. The zero-order valence-corrected chi connectivity index (χ0v) is 8.13. The van der Waals surface area contributed by atoms with Gasteiger partial charge in [-0.25, -0.2) is 4.79 Å². The standard InChI is InChI=1S/C9H7ClN2O2/c1-14-9(13)6-2-5(4-11)3-7(10)8(6)12/h2-3H,12H2,1H3. The van der Waals surface area contributed by atoms with E-state index >= 15 is 0 Å². The molecule has 0 saturated heterocycles. The van der Waals surface area contributed by atoms with Crippen LogP contribution < -0.4 is 5.73 Å². The Balaban J connectivity index is 3.36. The number of nitrogen functional groups attached to an aromatic ring is 1. The molecule has 0 fully saturated rings. The predicted molar refractivity (Wildman–Crippen MR) is 51.9 cm³/mol. The summed E-state index contributed by atoms with van der Waals surface area (Å²) in [6.45, 7) is 0. The Kier molecular flexibility index (Phi) is 2.95. The summed E-state index contributed by atoms with van der Waals surface area (Å²) in [6.07, 6.45) is 0. The van der Waals surface area contributed by atoms with E-state index < -0.39 is 5.97 Å². The summed E-state index contributed by atoms with van der Waals surface area (Å²) >= 11 is 5.71. The van der Waals surface area contributed by atoms with Crippen LogP contribution in [-0.4, -0.2) is 13.1 Å². The van der Waals surface area contributed by atoms with Crippen LogP contribution in [0.15, 0.2) is 12.1 Å². The number of rotatable bonds is 1. The average Bonchev–Trinajstić information content (AvgIpc) is 2.20. The molecular weight excluding hydrogens is 204 g/mol. The highest BCUT2D eigenvalue weighted by atomic mass is 35.5. The van der Waals surface area contributed by atoms with Crippen molar-refractivity contribution in [2.24, 2.45) is 0 Å². The number of carbonyl (C=O) groups excluding carboxylic acids is 1. The van der Waals surface area contributed by atoms with E-state index in [0.29, 0.717) is 0 Å². The lowest BCUT2D eigenvalue weighted by Crippen LogP contribution is -2.06. The van der Waals surface area contributed by atoms with Gasteiger partial charge in [-0.2, -0.15) is 5.26 Å². The molecule has 0 amide bonds. The van der Waals surface area contributed by atoms with Gasteiger partial charge in [-0.15, -0.1) is 0 Å². The Morgan fingerprint density at radius 2 is 2.29 bits per heavy atom. The van der Waals surface area contributed by atoms with E-state index in [9.17, 15) is 4.79 Å². The van der Waals surface area contributed by atoms with Gasteiger partial charge in [-0.3, -0.25) is 0 Å². The van der Waals surface area contributed by atoms with Crippen molar-refractivity contribution in [2.75, 3.05) is 12.8 Å². The molecule has 0 heterocycles. The number of carbonyl (C=O) groups is 1. The summed E-state index contributed by atoms with van der Waals surface area (Å²) in [5.74, 6) is -0.610. The second-order valence-electron chi connectivity index (χ2n) is 2.52. The van der Waals surface area contributed by atoms with Gasteiger partial charge in [0, 0.05) is 0 Å². The molecule has 4 nitrogen and oxygen atoms in total. The molecule has 1 aromatic rings. The minimum atomic E-state index is -0.610. The first-order valence-electron chi connectivity index (χ1n) is 3.67. The van der Waals surface area contributed by atoms with Gasteiger partial charge < -0.3 is 10.5 Å². The monoisotopic (exact) mass is 210 g/mol. The summed E-state index contributed by atoms with van der Waals surface area (Å²) < 4.78 is 4.48. The number of nitrogens with zero attached hydrogens (tertiary/aromatic N) is 1. The van der Waals surface area contributed by atoms with E-state index in [-0.39, 0.29) is 21.8 Å². The third-order valence-corrected chi connectivity index (χ3v) is 1.98. The first-order chi connectivity index (χ1) is 6.60. The zero-order chi connectivity index (χ0) is 10.7. The number of benzene rings is 1. The van der Waals surface area contributed by atoms with Crippen LogP contribution in [0.1, 0.15) is 15.9 Å². The number of hydrogen-bond donors (Lipinski definition) is 1. The molecular formula is C9H7ClN2O2. The van der Waals surface area contributed by atoms with E-state index in [2.05, 4.69) is 4.74 Å². The van der Waals surface area contributed by atoms with E-state index in [1.807, 2.05) is 6.07 Å². The van der Waals surface area contributed by atoms with Crippen molar-refractivity contribution in [1.82, 2.24) is 0 Å². The van der Waals surface area contributed by atoms with Gasteiger partial charge in [0.05, 0.1) is 35.0 Å². The van der Waals surface area contributed by atoms with Gasteiger partial charge in [0.15, 0.2) is 0 Å². The van der Waals surface area contributed by atoms with Crippen LogP contribution in [0.3, 0.4) is 0 Å². The summed E-state index contributed by atoms with van der Waals surface area (Å²) in [4.78, 5) is 11.2. The van der Waals surface area contributed by atoms with Gasteiger partial charge in [0.2, 0.25) is 0 Å². The lowest BCUT2D eigenvalue weighted by atomic mass is 10.1. The minimum absolute atomic E-state index is 0.108. The summed E-state index contributed by atoms with van der Waals surface area (Å²) in [5.41, 5.74) is 6.04. The van der Waals surface area contributed by atoms with E-state index in [0.717, 1.165) is 0 Å². The van der Waals surface area contributed by atoms with E-state index in [1.165, 1.54) is 19.2 Å². The largest absolute Gasteiger partial charge is 0.465 e. The SMILES string of the molecule is COC(=O)c1cc(C#N)cc(Cl)c1N. The van der Waals surface area contributed by atoms with Crippen molar-refractivity contribution < 1.29 is 9.53 Å². The molecule has 0 saturated carbocycles. The molecule has 0 atom stereocenters. The Bertz CT molecular complexity index is 424. The van der Waals surface area contributed by atoms with Crippen LogP contribution >= 0.6 is 11.6 Å². The maximum Gasteiger partial charge on any atom is 0.340 e. The molecule has 0 aromatic heterocycles. The van der Waals surface area contributed by atoms with Crippen LogP contribution in [0.4, 0.5) is 5.69 Å². The first-order valence-corrected chi connectivity index (χ1v) is 4.05. The number of nitriles is 1. The molecule has 1 aromatic carbocycles. The number of nitrogens with two attached hydrogens (primary N) is 1. The lowest BCUT2D eigenvalue weighted by molar-refractivity contribution is 0.0602. The Hall–Kier alpha value is -1.73. The fourth-order valence-electron chi connectivity index (χ4n) is 0.961. The molecule has 0 spiro atoms. The molecule has 1 rings (SSSR count). The molecule has 0 aliphatic carbocycles. The first kappa shape index (κ1) is 10.4. The van der Waals surface area contributed by atoms with Crippen molar-refractivity contribution in [1.29, 1.82) is 5.26 Å². The molecule has 72 valence electrons. The Morgan fingerprint density at radius 1 is 1.64 bits per heavy atom.